The molecule has 1 N–H and O–H groups in total. The Morgan fingerprint density at radius 1 is 1.59 bits per heavy atom. The summed E-state index contributed by atoms with van der Waals surface area (Å²) in [5, 5.41) is 10.8. The molecule has 17 heavy (non-hydrogen) atoms. The lowest BCUT2D eigenvalue weighted by Crippen LogP contribution is -2.32. The third kappa shape index (κ3) is 2.34. The molecule has 3 nitrogen and oxygen atoms in total. The van der Waals surface area contributed by atoms with Gasteiger partial charge in [-0.05, 0) is 31.5 Å². The van der Waals surface area contributed by atoms with Crippen LogP contribution in [0.3, 0.4) is 0 Å². The second-order valence-electron chi connectivity index (χ2n) is 4.26. The smallest absolute Gasteiger partial charge is 0.214 e. The van der Waals surface area contributed by atoms with Crippen LogP contribution in [-0.4, -0.2) is 22.4 Å². The number of rotatable bonds is 1. The second-order valence-corrected chi connectivity index (χ2v) is 5.87. The summed E-state index contributed by atoms with van der Waals surface area (Å²) in [7, 11) is 0. The van der Waals surface area contributed by atoms with Gasteiger partial charge < -0.3 is 10.0 Å². The summed E-state index contributed by atoms with van der Waals surface area (Å²) in [6.45, 7) is 1.96. The highest BCUT2D eigenvalue weighted by atomic mass is 79.9. The number of hydrogen-bond donors (Lipinski definition) is 1. The lowest BCUT2D eigenvalue weighted by atomic mass is 10.0. The normalized spacial score (nSPS) is 28.5. The van der Waals surface area contributed by atoms with E-state index in [0.29, 0.717) is 17.0 Å². The second kappa shape index (κ2) is 4.96. The molecular formula is C12H13BrClNO2. The van der Waals surface area contributed by atoms with Crippen molar-refractivity contribution in [1.29, 1.82) is 0 Å². The first kappa shape index (κ1) is 12.9. The molecule has 1 heterocycles. The Bertz CT molecular complexity index is 441. The molecular weight excluding hydrogens is 305 g/mol. The fourth-order valence-electron chi connectivity index (χ4n) is 2.16. The Morgan fingerprint density at radius 2 is 2.29 bits per heavy atom. The summed E-state index contributed by atoms with van der Waals surface area (Å²) < 4.78 is 0. The summed E-state index contributed by atoms with van der Waals surface area (Å²) in [4.78, 5) is 12.7. The van der Waals surface area contributed by atoms with Crippen molar-refractivity contribution in [2.45, 2.75) is 30.3 Å². The number of carbonyl (C=O) groups excluding carboxylic acids is 1. The van der Waals surface area contributed by atoms with Crippen molar-refractivity contribution in [2.24, 2.45) is 0 Å². The Labute approximate surface area is 114 Å². The molecule has 5 heteroatoms. The molecule has 1 aromatic carbocycles. The zero-order valence-electron chi connectivity index (χ0n) is 9.31. The van der Waals surface area contributed by atoms with Crippen molar-refractivity contribution in [3.05, 3.63) is 28.8 Å². The van der Waals surface area contributed by atoms with E-state index >= 15 is 0 Å². The molecule has 92 valence electrons. The quantitative estimate of drug-likeness (QED) is 0.639. The van der Waals surface area contributed by atoms with Crippen molar-refractivity contribution < 1.29 is 9.90 Å². The Kier molecular flexibility index (Phi) is 3.76. The van der Waals surface area contributed by atoms with Crippen LogP contribution in [0.15, 0.2) is 18.2 Å². The molecule has 0 saturated heterocycles. The van der Waals surface area contributed by atoms with Crippen LogP contribution in [0, 0.1) is 0 Å². The maximum absolute atomic E-state index is 11.2. The van der Waals surface area contributed by atoms with Gasteiger partial charge in [-0.15, -0.1) is 0 Å². The lowest BCUT2D eigenvalue weighted by Gasteiger charge is -2.24. The lowest BCUT2D eigenvalue weighted by molar-refractivity contribution is -0.107. The fourth-order valence-corrected chi connectivity index (χ4v) is 3.17. The van der Waals surface area contributed by atoms with E-state index in [0.717, 1.165) is 12.1 Å². The molecule has 1 aliphatic rings. The third-order valence-electron chi connectivity index (χ3n) is 3.08. The van der Waals surface area contributed by atoms with Crippen LogP contribution >= 0.6 is 27.5 Å². The van der Waals surface area contributed by atoms with Gasteiger partial charge in [-0.1, -0.05) is 27.5 Å². The number of aliphatic hydroxyl groups excluding tert-OH is 1. The van der Waals surface area contributed by atoms with Crippen molar-refractivity contribution >= 4 is 39.6 Å². The highest BCUT2D eigenvalue weighted by Gasteiger charge is 2.31. The first-order valence-electron chi connectivity index (χ1n) is 5.39. The van der Waals surface area contributed by atoms with Crippen molar-refractivity contribution in [3.8, 4) is 0 Å². The predicted molar refractivity (Wildman–Crippen MR) is 71.7 cm³/mol. The van der Waals surface area contributed by atoms with E-state index in [1.54, 1.807) is 23.1 Å². The number of benzene rings is 1. The molecule has 0 fully saturated rings. The maximum atomic E-state index is 11.2. The molecule has 3 atom stereocenters. The standard InChI is InChI=1S/C12H13BrClNO2/c1-7-4-10(13)12(17)9-5-8(14)2-3-11(9)15(7)6-16/h2-3,5-7,10,12,17H,4H2,1H3. The fraction of sp³-hybridized carbons (Fsp3) is 0.417. The molecule has 0 bridgehead atoms. The van der Waals surface area contributed by atoms with Gasteiger partial charge in [0.05, 0.1) is 6.10 Å². The molecule has 0 radical (unpaired) electrons. The highest BCUT2D eigenvalue weighted by molar-refractivity contribution is 9.09. The maximum Gasteiger partial charge on any atom is 0.214 e. The van der Waals surface area contributed by atoms with Crippen LogP contribution in [-0.2, 0) is 4.79 Å². The van der Waals surface area contributed by atoms with Crippen LogP contribution in [0.25, 0.3) is 0 Å². The topological polar surface area (TPSA) is 40.5 Å². The zero-order chi connectivity index (χ0) is 12.6. The number of halogens is 2. The molecule has 0 spiro atoms. The molecule has 0 aromatic heterocycles. The van der Waals surface area contributed by atoms with Gasteiger partial charge >= 0.3 is 0 Å². The number of amides is 1. The van der Waals surface area contributed by atoms with Gasteiger partial charge in [0.2, 0.25) is 6.41 Å². The van der Waals surface area contributed by atoms with E-state index in [1.807, 2.05) is 6.92 Å². The van der Waals surface area contributed by atoms with E-state index in [2.05, 4.69) is 15.9 Å². The van der Waals surface area contributed by atoms with Gasteiger partial charge in [-0.2, -0.15) is 0 Å². The van der Waals surface area contributed by atoms with Gasteiger partial charge in [0.25, 0.3) is 0 Å². The Balaban J connectivity index is 2.57. The minimum Gasteiger partial charge on any atom is -0.387 e. The first-order valence-corrected chi connectivity index (χ1v) is 6.69. The molecule has 1 amide bonds. The number of aliphatic hydroxyl groups is 1. The van der Waals surface area contributed by atoms with Gasteiger partial charge in [0, 0.05) is 27.1 Å². The molecule has 2 rings (SSSR count). The van der Waals surface area contributed by atoms with Crippen molar-refractivity contribution in [1.82, 2.24) is 0 Å². The van der Waals surface area contributed by atoms with Gasteiger partial charge in [0.1, 0.15) is 0 Å². The van der Waals surface area contributed by atoms with Crippen LogP contribution in [0.5, 0.6) is 0 Å². The number of alkyl halides is 1. The number of nitrogens with zero attached hydrogens (tertiary/aromatic N) is 1. The summed E-state index contributed by atoms with van der Waals surface area (Å²) >= 11 is 9.40. The van der Waals surface area contributed by atoms with Crippen LogP contribution in [0.2, 0.25) is 5.02 Å². The first-order chi connectivity index (χ1) is 8.04. The molecule has 1 aliphatic heterocycles. The average Bonchev–Trinajstić information content (AvgIpc) is 2.37. The van der Waals surface area contributed by atoms with Gasteiger partial charge in [-0.3, -0.25) is 4.79 Å². The van der Waals surface area contributed by atoms with Crippen LogP contribution < -0.4 is 4.90 Å². The van der Waals surface area contributed by atoms with E-state index in [9.17, 15) is 9.90 Å². The number of carbonyl (C=O) groups is 1. The molecule has 0 saturated carbocycles. The molecule has 1 aromatic rings. The van der Waals surface area contributed by atoms with Crippen LogP contribution in [0.4, 0.5) is 5.69 Å². The number of anilines is 1. The Morgan fingerprint density at radius 3 is 2.94 bits per heavy atom. The molecule has 0 aliphatic carbocycles. The number of fused-ring (bicyclic) bond motifs is 1. The largest absolute Gasteiger partial charge is 0.387 e. The number of hydrogen-bond acceptors (Lipinski definition) is 2. The summed E-state index contributed by atoms with van der Waals surface area (Å²) in [6.07, 6.45) is 0.831. The molecule has 3 unspecified atom stereocenters. The van der Waals surface area contributed by atoms with E-state index < -0.39 is 6.10 Å². The zero-order valence-corrected chi connectivity index (χ0v) is 11.6. The predicted octanol–water partition coefficient (Wildman–Crippen LogP) is 2.89. The van der Waals surface area contributed by atoms with Gasteiger partial charge in [-0.25, -0.2) is 0 Å². The summed E-state index contributed by atoms with van der Waals surface area (Å²) in [5.41, 5.74) is 1.42. The average molecular weight is 319 g/mol. The van der Waals surface area contributed by atoms with Crippen molar-refractivity contribution in [3.63, 3.8) is 0 Å². The third-order valence-corrected chi connectivity index (χ3v) is 4.19. The van der Waals surface area contributed by atoms with E-state index in [1.165, 1.54) is 0 Å². The SMILES string of the molecule is CC1CC(Br)C(O)c2cc(Cl)ccc2N1C=O. The van der Waals surface area contributed by atoms with Crippen LogP contribution in [0.1, 0.15) is 25.0 Å². The van der Waals surface area contributed by atoms with Crippen molar-refractivity contribution in [2.75, 3.05) is 4.90 Å². The monoisotopic (exact) mass is 317 g/mol. The summed E-state index contributed by atoms with van der Waals surface area (Å²) in [5.74, 6) is 0. The minimum absolute atomic E-state index is 0.0361. The van der Waals surface area contributed by atoms with E-state index in [-0.39, 0.29) is 10.9 Å². The summed E-state index contributed by atoms with van der Waals surface area (Å²) in [6, 6.07) is 5.25. The minimum atomic E-state index is -0.656. The van der Waals surface area contributed by atoms with E-state index in [4.69, 9.17) is 11.6 Å². The van der Waals surface area contributed by atoms with Gasteiger partial charge in [0.15, 0.2) is 0 Å². The highest BCUT2D eigenvalue weighted by Crippen LogP contribution is 2.39. The Hall–Kier alpha value is -0.580.